The van der Waals surface area contributed by atoms with Crippen LogP contribution >= 0.6 is 0 Å². The van der Waals surface area contributed by atoms with Gasteiger partial charge in [0.1, 0.15) is 5.52 Å². The van der Waals surface area contributed by atoms with Crippen molar-refractivity contribution >= 4 is 16.8 Å². The molecule has 5 nitrogen and oxygen atoms in total. The zero-order valence-electron chi connectivity index (χ0n) is 9.13. The molecule has 1 aromatic heterocycles. The number of anilines is 1. The molecule has 5 heteroatoms. The number of oxazole rings is 1. The number of aliphatic hydroxyl groups excluding tert-OH is 1. The van der Waals surface area contributed by atoms with Crippen LogP contribution in [0.3, 0.4) is 0 Å². The second kappa shape index (κ2) is 4.51. The van der Waals surface area contributed by atoms with Gasteiger partial charge in [0.15, 0.2) is 12.0 Å². The van der Waals surface area contributed by atoms with E-state index < -0.39 is 0 Å². The Morgan fingerprint density at radius 2 is 2.38 bits per heavy atom. The molecule has 2 rings (SSSR count). The van der Waals surface area contributed by atoms with Gasteiger partial charge in [0.2, 0.25) is 0 Å². The van der Waals surface area contributed by atoms with Crippen molar-refractivity contribution in [3.05, 3.63) is 24.6 Å². The molecule has 2 aromatic rings. The fraction of sp³-hybridized carbons (Fsp3) is 0.364. The van der Waals surface area contributed by atoms with Gasteiger partial charge in [-0.2, -0.15) is 0 Å². The van der Waals surface area contributed by atoms with E-state index in [0.29, 0.717) is 6.54 Å². The maximum atomic E-state index is 8.89. The van der Waals surface area contributed by atoms with E-state index in [1.807, 2.05) is 30.1 Å². The molecule has 1 unspecified atom stereocenters. The van der Waals surface area contributed by atoms with Crippen molar-refractivity contribution < 1.29 is 9.52 Å². The normalized spacial score (nSPS) is 12.9. The van der Waals surface area contributed by atoms with Crippen LogP contribution in [-0.2, 0) is 0 Å². The molecule has 0 aliphatic carbocycles. The Morgan fingerprint density at radius 3 is 3.12 bits per heavy atom. The number of hydrogen-bond donors (Lipinski definition) is 2. The summed E-state index contributed by atoms with van der Waals surface area (Å²) in [7, 11) is 1.92. The van der Waals surface area contributed by atoms with Crippen molar-refractivity contribution in [2.45, 2.75) is 6.04 Å². The number of aromatic nitrogens is 1. The van der Waals surface area contributed by atoms with Crippen LogP contribution in [0.4, 0.5) is 5.69 Å². The van der Waals surface area contributed by atoms with Gasteiger partial charge < -0.3 is 20.2 Å². The molecule has 0 fully saturated rings. The Kier molecular flexibility index (Phi) is 3.07. The predicted molar refractivity (Wildman–Crippen MR) is 62.3 cm³/mol. The molecule has 1 heterocycles. The average molecular weight is 221 g/mol. The highest BCUT2D eigenvalue weighted by Gasteiger charge is 2.08. The van der Waals surface area contributed by atoms with Gasteiger partial charge in [0, 0.05) is 31.4 Å². The lowest BCUT2D eigenvalue weighted by Gasteiger charge is -2.22. The van der Waals surface area contributed by atoms with E-state index in [1.165, 1.54) is 6.39 Å². The van der Waals surface area contributed by atoms with Crippen LogP contribution in [0, 0.1) is 0 Å². The number of hydrogen-bond acceptors (Lipinski definition) is 5. The standard InChI is InChI=1S/C11H15N3O2/c1-14(5-8(12)6-15)9-2-3-10-11(4-9)16-7-13-10/h2-4,7-8,15H,5-6,12H2,1H3. The second-order valence-corrected chi connectivity index (χ2v) is 3.83. The van der Waals surface area contributed by atoms with Crippen LogP contribution in [-0.4, -0.2) is 36.3 Å². The molecular weight excluding hydrogens is 206 g/mol. The molecular formula is C11H15N3O2. The highest BCUT2D eigenvalue weighted by atomic mass is 16.3. The van der Waals surface area contributed by atoms with Gasteiger partial charge in [-0.15, -0.1) is 0 Å². The minimum absolute atomic E-state index is 0.0190. The van der Waals surface area contributed by atoms with Crippen molar-refractivity contribution in [3.8, 4) is 0 Å². The number of aliphatic hydroxyl groups is 1. The summed E-state index contributed by atoms with van der Waals surface area (Å²) in [5.74, 6) is 0. The zero-order chi connectivity index (χ0) is 11.5. The molecule has 0 spiro atoms. The lowest BCUT2D eigenvalue weighted by atomic mass is 10.2. The van der Waals surface area contributed by atoms with Crippen molar-refractivity contribution in [1.29, 1.82) is 0 Å². The van der Waals surface area contributed by atoms with Gasteiger partial charge in [-0.05, 0) is 12.1 Å². The molecule has 1 aromatic carbocycles. The van der Waals surface area contributed by atoms with E-state index in [0.717, 1.165) is 16.8 Å². The van der Waals surface area contributed by atoms with Gasteiger partial charge in [-0.1, -0.05) is 0 Å². The fourth-order valence-electron chi connectivity index (χ4n) is 1.60. The zero-order valence-corrected chi connectivity index (χ0v) is 9.13. The summed E-state index contributed by atoms with van der Waals surface area (Å²) in [6.07, 6.45) is 1.42. The number of rotatable bonds is 4. The second-order valence-electron chi connectivity index (χ2n) is 3.83. The highest BCUT2D eigenvalue weighted by Crippen LogP contribution is 2.20. The largest absolute Gasteiger partial charge is 0.443 e. The van der Waals surface area contributed by atoms with Crippen LogP contribution in [0.15, 0.2) is 29.0 Å². The maximum absolute atomic E-state index is 8.89. The summed E-state index contributed by atoms with van der Waals surface area (Å²) in [5.41, 5.74) is 8.26. The smallest absolute Gasteiger partial charge is 0.181 e. The van der Waals surface area contributed by atoms with E-state index in [-0.39, 0.29) is 12.6 Å². The molecule has 0 radical (unpaired) electrons. The van der Waals surface area contributed by atoms with Gasteiger partial charge in [-0.25, -0.2) is 4.98 Å². The number of benzene rings is 1. The number of fused-ring (bicyclic) bond motifs is 1. The topological polar surface area (TPSA) is 75.5 Å². The van der Waals surface area contributed by atoms with Crippen LogP contribution in [0.5, 0.6) is 0 Å². The van der Waals surface area contributed by atoms with Crippen molar-refractivity contribution in [3.63, 3.8) is 0 Å². The Morgan fingerprint density at radius 1 is 1.56 bits per heavy atom. The molecule has 0 amide bonds. The minimum atomic E-state index is -0.240. The Bertz CT molecular complexity index is 469. The van der Waals surface area contributed by atoms with Crippen molar-refractivity contribution in [1.82, 2.24) is 4.98 Å². The lowest BCUT2D eigenvalue weighted by Crippen LogP contribution is -2.37. The van der Waals surface area contributed by atoms with Gasteiger partial charge in [-0.3, -0.25) is 0 Å². The third-order valence-electron chi connectivity index (χ3n) is 2.50. The van der Waals surface area contributed by atoms with Crippen LogP contribution in [0.2, 0.25) is 0 Å². The van der Waals surface area contributed by atoms with E-state index in [4.69, 9.17) is 15.3 Å². The molecule has 86 valence electrons. The lowest BCUT2D eigenvalue weighted by molar-refractivity contribution is 0.267. The molecule has 0 bridgehead atoms. The number of nitrogens with zero attached hydrogens (tertiary/aromatic N) is 2. The fourth-order valence-corrected chi connectivity index (χ4v) is 1.60. The SMILES string of the molecule is CN(CC(N)CO)c1ccc2ncoc2c1. The molecule has 0 aliphatic heterocycles. The first-order valence-corrected chi connectivity index (χ1v) is 5.11. The summed E-state index contributed by atoms with van der Waals surface area (Å²) in [6, 6.07) is 5.52. The number of nitrogens with two attached hydrogens (primary N) is 1. The Balaban J connectivity index is 2.18. The van der Waals surface area contributed by atoms with Gasteiger partial charge >= 0.3 is 0 Å². The summed E-state index contributed by atoms with van der Waals surface area (Å²) < 4.78 is 5.22. The highest BCUT2D eigenvalue weighted by molar-refractivity contribution is 5.77. The molecule has 3 N–H and O–H groups in total. The summed E-state index contributed by atoms with van der Waals surface area (Å²) in [4.78, 5) is 6.02. The van der Waals surface area contributed by atoms with Gasteiger partial charge in [0.25, 0.3) is 0 Å². The summed E-state index contributed by atoms with van der Waals surface area (Å²) >= 11 is 0. The van der Waals surface area contributed by atoms with E-state index in [9.17, 15) is 0 Å². The van der Waals surface area contributed by atoms with E-state index in [2.05, 4.69) is 4.98 Å². The first-order chi connectivity index (χ1) is 7.70. The first kappa shape index (κ1) is 10.9. The third-order valence-corrected chi connectivity index (χ3v) is 2.50. The maximum Gasteiger partial charge on any atom is 0.181 e. The van der Waals surface area contributed by atoms with Gasteiger partial charge in [0.05, 0.1) is 6.61 Å². The first-order valence-electron chi connectivity index (χ1n) is 5.11. The Hall–Kier alpha value is -1.59. The molecule has 0 saturated carbocycles. The molecule has 0 saturated heterocycles. The molecule has 0 aliphatic rings. The minimum Gasteiger partial charge on any atom is -0.443 e. The third kappa shape index (κ3) is 2.15. The number of likely N-dealkylation sites (N-methyl/N-ethyl adjacent to an activating group) is 1. The quantitative estimate of drug-likeness (QED) is 0.790. The van der Waals surface area contributed by atoms with E-state index in [1.54, 1.807) is 0 Å². The van der Waals surface area contributed by atoms with Crippen LogP contribution in [0.25, 0.3) is 11.1 Å². The van der Waals surface area contributed by atoms with Crippen LogP contribution < -0.4 is 10.6 Å². The molecule has 16 heavy (non-hydrogen) atoms. The summed E-state index contributed by atoms with van der Waals surface area (Å²) in [5, 5.41) is 8.89. The average Bonchev–Trinajstić information content (AvgIpc) is 2.75. The monoisotopic (exact) mass is 221 g/mol. The van der Waals surface area contributed by atoms with E-state index >= 15 is 0 Å². The Labute approximate surface area is 93.5 Å². The summed E-state index contributed by atoms with van der Waals surface area (Å²) in [6.45, 7) is 0.574. The van der Waals surface area contributed by atoms with Crippen molar-refractivity contribution in [2.24, 2.45) is 5.73 Å². The van der Waals surface area contributed by atoms with Crippen LogP contribution in [0.1, 0.15) is 0 Å². The van der Waals surface area contributed by atoms with Crippen molar-refractivity contribution in [2.75, 3.05) is 25.1 Å². The molecule has 1 atom stereocenters. The predicted octanol–water partition coefficient (Wildman–Crippen LogP) is 0.584.